The molecule has 0 saturated carbocycles. The van der Waals surface area contributed by atoms with Crippen molar-refractivity contribution in [3.05, 3.63) is 71.1 Å². The highest BCUT2D eigenvalue weighted by Crippen LogP contribution is 2.27. The van der Waals surface area contributed by atoms with Crippen LogP contribution in [0, 0.1) is 13.8 Å². The first-order valence-electron chi connectivity index (χ1n) is 9.31. The number of ether oxygens (including phenoxy) is 1. The Kier molecular flexibility index (Phi) is 5.30. The molecule has 8 heteroatoms. The number of rotatable bonds is 6. The number of carbonyl (C=O) groups is 2. The van der Waals surface area contributed by atoms with Crippen molar-refractivity contribution in [2.45, 2.75) is 20.4 Å². The van der Waals surface area contributed by atoms with E-state index in [2.05, 4.69) is 15.5 Å². The molecule has 3 heterocycles. The van der Waals surface area contributed by atoms with E-state index in [-0.39, 0.29) is 11.3 Å². The molecule has 1 N–H and O–H groups in total. The lowest BCUT2D eigenvalue weighted by molar-refractivity contribution is -0.124. The van der Waals surface area contributed by atoms with Crippen LogP contribution in [-0.2, 0) is 16.1 Å². The van der Waals surface area contributed by atoms with E-state index in [0.717, 1.165) is 11.1 Å². The quantitative estimate of drug-likeness (QED) is 0.489. The molecule has 30 heavy (non-hydrogen) atoms. The van der Waals surface area contributed by atoms with Gasteiger partial charge in [-0.2, -0.15) is 0 Å². The van der Waals surface area contributed by atoms with Crippen LogP contribution in [0.25, 0.3) is 22.6 Å². The van der Waals surface area contributed by atoms with Gasteiger partial charge in [-0.3, -0.25) is 4.79 Å². The van der Waals surface area contributed by atoms with Gasteiger partial charge < -0.3 is 19.0 Å². The molecule has 0 saturated heterocycles. The van der Waals surface area contributed by atoms with Gasteiger partial charge in [0.15, 0.2) is 12.4 Å². The Hall–Kier alpha value is -3.94. The van der Waals surface area contributed by atoms with Gasteiger partial charge in [0, 0.05) is 6.54 Å². The van der Waals surface area contributed by atoms with Crippen LogP contribution in [0.1, 0.15) is 27.2 Å². The minimum atomic E-state index is -0.674. The predicted octanol–water partition coefficient (Wildman–Crippen LogP) is 3.57. The molecule has 3 aromatic heterocycles. The van der Waals surface area contributed by atoms with Crippen LogP contribution in [-0.4, -0.2) is 28.6 Å². The van der Waals surface area contributed by atoms with Gasteiger partial charge in [0.05, 0.1) is 22.9 Å². The van der Waals surface area contributed by atoms with Crippen molar-refractivity contribution in [3.63, 3.8) is 0 Å². The number of nitrogens with zero attached hydrogens (tertiary/aromatic N) is 2. The highest BCUT2D eigenvalue weighted by molar-refractivity contribution is 6.04. The van der Waals surface area contributed by atoms with Gasteiger partial charge in [0.2, 0.25) is 0 Å². The standard InChI is InChI=1S/C22H19N3O5/c1-13-5-7-15(8-6-13)11-23-19(26)12-29-22(27)16-10-17(18-4-3-9-28-18)24-21-20(16)14(2)25-30-21/h3-10H,11-12H2,1-2H3,(H,23,26). The summed E-state index contributed by atoms with van der Waals surface area (Å²) < 4.78 is 15.8. The van der Waals surface area contributed by atoms with E-state index < -0.39 is 18.5 Å². The monoisotopic (exact) mass is 405 g/mol. The lowest BCUT2D eigenvalue weighted by Gasteiger charge is -2.08. The highest BCUT2D eigenvalue weighted by atomic mass is 16.5. The van der Waals surface area contributed by atoms with E-state index >= 15 is 0 Å². The van der Waals surface area contributed by atoms with Crippen molar-refractivity contribution < 1.29 is 23.3 Å². The van der Waals surface area contributed by atoms with Crippen LogP contribution < -0.4 is 5.32 Å². The Morgan fingerprint density at radius 1 is 1.13 bits per heavy atom. The Morgan fingerprint density at radius 3 is 2.67 bits per heavy atom. The van der Waals surface area contributed by atoms with Crippen LogP contribution in [0.5, 0.6) is 0 Å². The molecular formula is C22H19N3O5. The number of esters is 1. The summed E-state index contributed by atoms with van der Waals surface area (Å²) in [5.74, 6) is -0.606. The average molecular weight is 405 g/mol. The van der Waals surface area contributed by atoms with Crippen LogP contribution in [0.3, 0.4) is 0 Å². The zero-order valence-corrected chi connectivity index (χ0v) is 16.5. The van der Waals surface area contributed by atoms with Crippen molar-refractivity contribution in [2.75, 3.05) is 6.61 Å². The van der Waals surface area contributed by atoms with Crippen LogP contribution in [0.4, 0.5) is 0 Å². The van der Waals surface area contributed by atoms with E-state index in [1.54, 1.807) is 19.1 Å². The summed E-state index contributed by atoms with van der Waals surface area (Å²) in [7, 11) is 0. The lowest BCUT2D eigenvalue weighted by atomic mass is 10.1. The first-order valence-corrected chi connectivity index (χ1v) is 9.31. The van der Waals surface area contributed by atoms with Crippen molar-refractivity contribution in [1.82, 2.24) is 15.5 Å². The van der Waals surface area contributed by atoms with Gasteiger partial charge >= 0.3 is 5.97 Å². The maximum atomic E-state index is 12.7. The Balaban J connectivity index is 1.46. The molecule has 8 nitrogen and oxygen atoms in total. The van der Waals surface area contributed by atoms with Gasteiger partial charge in [-0.1, -0.05) is 35.0 Å². The maximum Gasteiger partial charge on any atom is 0.339 e. The van der Waals surface area contributed by atoms with E-state index in [1.807, 2.05) is 31.2 Å². The first-order chi connectivity index (χ1) is 14.5. The van der Waals surface area contributed by atoms with Gasteiger partial charge in [-0.25, -0.2) is 9.78 Å². The smallest absolute Gasteiger partial charge is 0.339 e. The third kappa shape index (κ3) is 4.07. The molecular weight excluding hydrogens is 386 g/mol. The SMILES string of the molecule is Cc1ccc(CNC(=O)COC(=O)c2cc(-c3ccco3)nc3onc(C)c23)cc1. The van der Waals surface area contributed by atoms with Crippen molar-refractivity contribution in [3.8, 4) is 11.5 Å². The van der Waals surface area contributed by atoms with Gasteiger partial charge in [0.1, 0.15) is 5.69 Å². The maximum absolute atomic E-state index is 12.7. The zero-order valence-electron chi connectivity index (χ0n) is 16.5. The highest BCUT2D eigenvalue weighted by Gasteiger charge is 2.21. The summed E-state index contributed by atoms with van der Waals surface area (Å²) in [6, 6.07) is 12.8. The number of benzene rings is 1. The van der Waals surface area contributed by atoms with Crippen molar-refractivity contribution >= 4 is 23.0 Å². The van der Waals surface area contributed by atoms with E-state index in [0.29, 0.717) is 29.1 Å². The molecule has 0 aliphatic rings. The molecule has 152 valence electrons. The summed E-state index contributed by atoms with van der Waals surface area (Å²) in [4.78, 5) is 29.2. The third-order valence-electron chi connectivity index (χ3n) is 4.56. The Bertz CT molecular complexity index is 1190. The third-order valence-corrected chi connectivity index (χ3v) is 4.56. The number of pyridine rings is 1. The fourth-order valence-corrected chi connectivity index (χ4v) is 2.97. The summed E-state index contributed by atoms with van der Waals surface area (Å²) in [6.45, 7) is 3.63. The van der Waals surface area contributed by atoms with E-state index in [4.69, 9.17) is 13.7 Å². The van der Waals surface area contributed by atoms with Crippen molar-refractivity contribution in [2.24, 2.45) is 0 Å². The number of nitrogens with one attached hydrogen (secondary N) is 1. The van der Waals surface area contributed by atoms with Gasteiger partial charge in [-0.15, -0.1) is 0 Å². The predicted molar refractivity (Wildman–Crippen MR) is 108 cm³/mol. The first kappa shape index (κ1) is 19.4. The number of hydrogen-bond donors (Lipinski definition) is 1. The second-order valence-electron chi connectivity index (χ2n) is 6.82. The molecule has 0 atom stereocenters. The minimum Gasteiger partial charge on any atom is -0.463 e. The zero-order chi connectivity index (χ0) is 21.1. The van der Waals surface area contributed by atoms with E-state index in [9.17, 15) is 9.59 Å². The lowest BCUT2D eigenvalue weighted by Crippen LogP contribution is -2.28. The van der Waals surface area contributed by atoms with Gasteiger partial charge in [0.25, 0.3) is 11.6 Å². The number of aryl methyl sites for hydroxylation is 2. The molecule has 0 radical (unpaired) electrons. The number of aromatic nitrogens is 2. The Morgan fingerprint density at radius 2 is 1.93 bits per heavy atom. The normalized spacial score (nSPS) is 10.9. The number of fused-ring (bicyclic) bond motifs is 1. The fraction of sp³-hybridized carbons (Fsp3) is 0.182. The largest absolute Gasteiger partial charge is 0.463 e. The molecule has 0 bridgehead atoms. The molecule has 0 fully saturated rings. The van der Waals surface area contributed by atoms with Crippen molar-refractivity contribution in [1.29, 1.82) is 0 Å². The number of furan rings is 1. The number of amides is 1. The van der Waals surface area contributed by atoms with E-state index in [1.165, 1.54) is 12.3 Å². The number of hydrogen-bond acceptors (Lipinski definition) is 7. The second-order valence-corrected chi connectivity index (χ2v) is 6.82. The molecule has 0 spiro atoms. The average Bonchev–Trinajstić information content (AvgIpc) is 3.41. The summed E-state index contributed by atoms with van der Waals surface area (Å²) in [5, 5.41) is 7.04. The fourth-order valence-electron chi connectivity index (χ4n) is 2.97. The molecule has 1 aromatic carbocycles. The van der Waals surface area contributed by atoms with Crippen LogP contribution in [0.15, 0.2) is 57.7 Å². The minimum absolute atomic E-state index is 0.192. The van der Waals surface area contributed by atoms with Gasteiger partial charge in [-0.05, 0) is 37.6 Å². The summed E-state index contributed by atoms with van der Waals surface area (Å²) in [6.07, 6.45) is 1.50. The topological polar surface area (TPSA) is 107 Å². The molecule has 0 aliphatic carbocycles. The summed E-state index contributed by atoms with van der Waals surface area (Å²) >= 11 is 0. The molecule has 0 aliphatic heterocycles. The molecule has 1 amide bonds. The molecule has 0 unspecified atom stereocenters. The van der Waals surface area contributed by atoms with Crippen LogP contribution in [0.2, 0.25) is 0 Å². The van der Waals surface area contributed by atoms with Crippen LogP contribution >= 0.6 is 0 Å². The second kappa shape index (κ2) is 8.20. The summed E-state index contributed by atoms with van der Waals surface area (Å²) in [5.41, 5.74) is 3.40. The molecule has 4 aromatic rings. The number of carbonyl (C=O) groups excluding carboxylic acids is 2. The Labute approximate surface area is 171 Å². The molecule has 4 rings (SSSR count).